The summed E-state index contributed by atoms with van der Waals surface area (Å²) in [6.45, 7) is 1.60. The molecule has 1 amide bonds. The molecular weight excluding hydrogens is 238 g/mol. The second-order valence-electron chi connectivity index (χ2n) is 3.77. The first-order chi connectivity index (χ1) is 8.69. The van der Waals surface area contributed by atoms with E-state index in [-0.39, 0.29) is 6.61 Å². The Kier molecular flexibility index (Phi) is 6.26. The molecule has 102 valence electrons. The van der Waals surface area contributed by atoms with Gasteiger partial charge in [0.05, 0.1) is 12.8 Å². The maximum absolute atomic E-state index is 11.3. The molecular formula is C10H19N5O3. The predicted octanol–water partition coefficient (Wildman–Crippen LogP) is -1.58. The Morgan fingerprint density at radius 1 is 1.72 bits per heavy atom. The lowest BCUT2D eigenvalue weighted by molar-refractivity contribution is -0.120. The molecule has 0 radical (unpaired) electrons. The number of carbonyl (C=O) groups excluding carboxylic acids is 1. The van der Waals surface area contributed by atoms with Gasteiger partial charge >= 0.3 is 0 Å². The Balaban J connectivity index is 2.61. The van der Waals surface area contributed by atoms with Gasteiger partial charge in [0, 0.05) is 26.8 Å². The molecule has 0 aliphatic rings. The van der Waals surface area contributed by atoms with Gasteiger partial charge in [-0.3, -0.25) is 14.8 Å². The number of nitrogens with one attached hydrogen (secondary N) is 1. The monoisotopic (exact) mass is 257 g/mol. The molecule has 8 heteroatoms. The van der Waals surface area contributed by atoms with Crippen LogP contribution in [0.15, 0.2) is 6.20 Å². The van der Waals surface area contributed by atoms with E-state index in [4.69, 9.17) is 15.6 Å². The van der Waals surface area contributed by atoms with Crippen molar-refractivity contribution in [2.75, 3.05) is 26.9 Å². The molecule has 0 aliphatic heterocycles. The molecule has 0 spiro atoms. The Morgan fingerprint density at radius 2 is 2.50 bits per heavy atom. The predicted molar refractivity (Wildman–Crippen MR) is 63.5 cm³/mol. The van der Waals surface area contributed by atoms with Crippen molar-refractivity contribution in [2.45, 2.75) is 19.0 Å². The molecule has 8 nitrogen and oxygen atoms in total. The van der Waals surface area contributed by atoms with Crippen LogP contribution in [0, 0.1) is 0 Å². The highest BCUT2D eigenvalue weighted by Crippen LogP contribution is 2.08. The number of hydrogen-bond acceptors (Lipinski definition) is 6. The molecule has 0 bridgehead atoms. The molecule has 18 heavy (non-hydrogen) atoms. The quantitative estimate of drug-likeness (QED) is 0.460. The van der Waals surface area contributed by atoms with Crippen molar-refractivity contribution in [1.82, 2.24) is 20.3 Å². The van der Waals surface area contributed by atoms with Crippen molar-refractivity contribution < 1.29 is 14.6 Å². The number of aliphatic hydroxyl groups excluding tert-OH is 1. The number of methoxy groups -OCH3 is 1. The summed E-state index contributed by atoms with van der Waals surface area (Å²) in [6, 6.07) is -0.678. The van der Waals surface area contributed by atoms with Crippen LogP contribution >= 0.6 is 0 Å². The average Bonchev–Trinajstić information content (AvgIpc) is 2.80. The molecule has 0 fully saturated rings. The number of hydrogen-bond donors (Lipinski definition) is 3. The minimum atomic E-state index is -0.678. The van der Waals surface area contributed by atoms with Crippen molar-refractivity contribution in [1.29, 1.82) is 0 Å². The zero-order valence-corrected chi connectivity index (χ0v) is 10.4. The van der Waals surface area contributed by atoms with E-state index >= 15 is 0 Å². The van der Waals surface area contributed by atoms with Crippen LogP contribution in [-0.4, -0.2) is 52.9 Å². The lowest BCUT2D eigenvalue weighted by Crippen LogP contribution is -2.35. The number of nitrogens with two attached hydrogens (primary N) is 1. The molecule has 0 saturated heterocycles. The van der Waals surface area contributed by atoms with Gasteiger partial charge in [-0.2, -0.15) is 0 Å². The lowest BCUT2D eigenvalue weighted by atomic mass is 10.2. The van der Waals surface area contributed by atoms with Gasteiger partial charge in [0.2, 0.25) is 5.91 Å². The Hall–Kier alpha value is -1.51. The molecule has 1 atom stereocenters. The van der Waals surface area contributed by atoms with Crippen LogP contribution in [0.25, 0.3) is 0 Å². The normalized spacial score (nSPS) is 12.6. The Labute approximate surface area is 105 Å². The van der Waals surface area contributed by atoms with Gasteiger partial charge in [-0.25, -0.2) is 0 Å². The third-order valence-corrected chi connectivity index (χ3v) is 2.34. The summed E-state index contributed by atoms with van der Waals surface area (Å²) in [5.74, 6) is -0.514. The summed E-state index contributed by atoms with van der Waals surface area (Å²) in [4.78, 5) is 11.3. The summed E-state index contributed by atoms with van der Waals surface area (Å²) in [6.07, 6.45) is 2.23. The number of aromatic nitrogens is 3. The second-order valence-corrected chi connectivity index (χ2v) is 3.77. The highest BCUT2D eigenvalue weighted by molar-refractivity contribution is 5.80. The fourth-order valence-corrected chi connectivity index (χ4v) is 1.44. The summed E-state index contributed by atoms with van der Waals surface area (Å²) in [5.41, 5.74) is 5.77. The number of primary amides is 1. The van der Waals surface area contributed by atoms with Gasteiger partial charge in [0.1, 0.15) is 11.7 Å². The number of rotatable bonds is 9. The summed E-state index contributed by atoms with van der Waals surface area (Å²) in [5, 5.41) is 19.4. The van der Waals surface area contributed by atoms with Crippen LogP contribution in [-0.2, 0) is 16.1 Å². The third-order valence-electron chi connectivity index (χ3n) is 2.34. The number of ether oxygens (including phenoxy) is 1. The molecule has 1 unspecified atom stereocenters. The number of aliphatic hydroxyl groups is 1. The Morgan fingerprint density at radius 3 is 3.11 bits per heavy atom. The van der Waals surface area contributed by atoms with Crippen LogP contribution in [0.1, 0.15) is 18.2 Å². The van der Waals surface area contributed by atoms with Gasteiger partial charge in [-0.15, -0.1) is 5.10 Å². The molecule has 0 saturated carbocycles. The van der Waals surface area contributed by atoms with Gasteiger partial charge in [-0.1, -0.05) is 5.21 Å². The third kappa shape index (κ3) is 4.40. The van der Waals surface area contributed by atoms with Gasteiger partial charge in [0.15, 0.2) is 0 Å². The molecule has 1 aromatic rings. The fourth-order valence-electron chi connectivity index (χ4n) is 1.44. The first-order valence-electron chi connectivity index (χ1n) is 5.71. The summed E-state index contributed by atoms with van der Waals surface area (Å²) < 4.78 is 6.45. The van der Waals surface area contributed by atoms with Crippen molar-refractivity contribution >= 4 is 5.91 Å². The smallest absolute Gasteiger partial charge is 0.240 e. The van der Waals surface area contributed by atoms with Crippen molar-refractivity contribution in [3.8, 4) is 0 Å². The van der Waals surface area contributed by atoms with E-state index in [1.54, 1.807) is 18.0 Å². The SMILES string of the molecule is COCCNC(C(N)=O)c1cn(CCCO)nn1. The highest BCUT2D eigenvalue weighted by atomic mass is 16.5. The van der Waals surface area contributed by atoms with Gasteiger partial charge < -0.3 is 15.6 Å². The van der Waals surface area contributed by atoms with E-state index in [1.165, 1.54) is 0 Å². The van der Waals surface area contributed by atoms with Crippen molar-refractivity contribution in [3.63, 3.8) is 0 Å². The minimum absolute atomic E-state index is 0.0839. The van der Waals surface area contributed by atoms with Crippen LogP contribution in [0.2, 0.25) is 0 Å². The van der Waals surface area contributed by atoms with E-state index < -0.39 is 11.9 Å². The average molecular weight is 257 g/mol. The lowest BCUT2D eigenvalue weighted by Gasteiger charge is -2.11. The van der Waals surface area contributed by atoms with Crippen molar-refractivity contribution in [2.24, 2.45) is 5.73 Å². The molecule has 0 aliphatic carbocycles. The zero-order valence-electron chi connectivity index (χ0n) is 10.4. The minimum Gasteiger partial charge on any atom is -0.396 e. The standard InChI is InChI=1S/C10H19N5O3/c1-18-6-3-12-9(10(11)17)8-7-15(14-13-8)4-2-5-16/h7,9,12,16H,2-6H2,1H3,(H2,11,17). The van der Waals surface area contributed by atoms with Crippen LogP contribution in [0.3, 0.4) is 0 Å². The molecule has 0 aromatic carbocycles. The summed E-state index contributed by atoms with van der Waals surface area (Å²) in [7, 11) is 1.58. The van der Waals surface area contributed by atoms with Crippen molar-refractivity contribution in [3.05, 3.63) is 11.9 Å². The molecule has 1 heterocycles. The number of carbonyl (C=O) groups is 1. The molecule has 1 rings (SSSR count). The zero-order chi connectivity index (χ0) is 13.4. The number of nitrogens with zero attached hydrogens (tertiary/aromatic N) is 3. The van der Waals surface area contributed by atoms with Crippen LogP contribution in [0.4, 0.5) is 0 Å². The highest BCUT2D eigenvalue weighted by Gasteiger charge is 2.20. The van der Waals surface area contributed by atoms with Crippen LogP contribution in [0.5, 0.6) is 0 Å². The van der Waals surface area contributed by atoms with E-state index in [1.807, 2.05) is 0 Å². The first-order valence-corrected chi connectivity index (χ1v) is 5.71. The second kappa shape index (κ2) is 7.75. The van der Waals surface area contributed by atoms with Gasteiger partial charge in [-0.05, 0) is 6.42 Å². The fraction of sp³-hybridized carbons (Fsp3) is 0.700. The largest absolute Gasteiger partial charge is 0.396 e. The van der Waals surface area contributed by atoms with E-state index in [0.717, 1.165) is 0 Å². The Bertz CT molecular complexity index is 368. The topological polar surface area (TPSA) is 115 Å². The number of amides is 1. The van der Waals surface area contributed by atoms with E-state index in [2.05, 4.69) is 15.6 Å². The first kappa shape index (κ1) is 14.6. The maximum Gasteiger partial charge on any atom is 0.240 e. The number of aryl methyl sites for hydroxylation is 1. The van der Waals surface area contributed by atoms with E-state index in [9.17, 15) is 4.79 Å². The summed E-state index contributed by atoms with van der Waals surface area (Å²) >= 11 is 0. The maximum atomic E-state index is 11.3. The van der Waals surface area contributed by atoms with E-state index in [0.29, 0.717) is 31.8 Å². The molecule has 4 N–H and O–H groups in total. The van der Waals surface area contributed by atoms with Gasteiger partial charge in [0.25, 0.3) is 0 Å². The molecule has 1 aromatic heterocycles. The van der Waals surface area contributed by atoms with Crippen LogP contribution < -0.4 is 11.1 Å².